The van der Waals surface area contributed by atoms with E-state index in [4.69, 9.17) is 23.2 Å². The van der Waals surface area contributed by atoms with Crippen molar-refractivity contribution in [1.29, 1.82) is 0 Å². The molecule has 0 bridgehead atoms. The topological polar surface area (TPSA) is 24.9 Å². The summed E-state index contributed by atoms with van der Waals surface area (Å²) in [7, 11) is 0. The van der Waals surface area contributed by atoms with E-state index in [0.29, 0.717) is 10.0 Å². The van der Waals surface area contributed by atoms with Crippen LogP contribution in [0.5, 0.6) is 0 Å². The lowest BCUT2D eigenvalue weighted by Gasteiger charge is -2.19. The summed E-state index contributed by atoms with van der Waals surface area (Å²) in [6.07, 6.45) is 5.60. The van der Waals surface area contributed by atoms with E-state index in [2.05, 4.69) is 23.3 Å². The van der Waals surface area contributed by atoms with E-state index < -0.39 is 0 Å². The van der Waals surface area contributed by atoms with Gasteiger partial charge in [-0.3, -0.25) is 0 Å². The molecule has 1 aliphatic carbocycles. The van der Waals surface area contributed by atoms with Crippen molar-refractivity contribution in [3.8, 4) is 0 Å². The van der Waals surface area contributed by atoms with Crippen LogP contribution in [0.2, 0.25) is 10.0 Å². The number of hydrogen-bond donors (Lipinski definition) is 1. The average Bonchev–Trinajstić information content (AvgIpc) is 2.34. The summed E-state index contributed by atoms with van der Waals surface area (Å²) in [4.78, 5) is 4.57. The van der Waals surface area contributed by atoms with Crippen molar-refractivity contribution in [2.75, 3.05) is 11.9 Å². The van der Waals surface area contributed by atoms with Gasteiger partial charge in [-0.25, -0.2) is 4.98 Å². The van der Waals surface area contributed by atoms with Crippen LogP contribution in [0.15, 0.2) is 12.1 Å². The molecule has 1 aromatic heterocycles. The van der Waals surface area contributed by atoms with Crippen LogP contribution in [0.3, 0.4) is 0 Å². The lowest BCUT2D eigenvalue weighted by Crippen LogP contribution is -2.06. The minimum absolute atomic E-state index is 0.579. The second-order valence-electron chi connectivity index (χ2n) is 4.79. The van der Waals surface area contributed by atoms with Crippen LogP contribution < -0.4 is 5.32 Å². The number of anilines is 1. The second-order valence-corrected chi connectivity index (χ2v) is 5.60. The predicted molar refractivity (Wildman–Crippen MR) is 79.4 cm³/mol. The third kappa shape index (κ3) is 2.99. The average molecular weight is 285 g/mol. The zero-order valence-electron chi connectivity index (χ0n) is 10.8. The molecule has 1 aromatic rings. The third-order valence-electron chi connectivity index (χ3n) is 3.25. The van der Waals surface area contributed by atoms with Gasteiger partial charge in [-0.1, -0.05) is 36.2 Å². The van der Waals surface area contributed by atoms with Gasteiger partial charge in [0.25, 0.3) is 0 Å². The largest absolute Gasteiger partial charge is 0.369 e. The number of nitrogens with one attached hydrogen (secondary N) is 1. The molecule has 0 saturated heterocycles. The van der Waals surface area contributed by atoms with Crippen molar-refractivity contribution in [1.82, 2.24) is 4.98 Å². The van der Waals surface area contributed by atoms with Gasteiger partial charge in [0.1, 0.15) is 5.82 Å². The Morgan fingerprint density at radius 3 is 2.78 bits per heavy atom. The molecule has 4 heteroatoms. The van der Waals surface area contributed by atoms with Gasteiger partial charge in [-0.05, 0) is 43.7 Å². The van der Waals surface area contributed by atoms with E-state index in [1.54, 1.807) is 6.07 Å². The quantitative estimate of drug-likeness (QED) is 0.843. The molecule has 1 heterocycles. The van der Waals surface area contributed by atoms with Gasteiger partial charge in [0.15, 0.2) is 0 Å². The Morgan fingerprint density at radius 1 is 1.39 bits per heavy atom. The normalized spacial score (nSPS) is 19.6. The van der Waals surface area contributed by atoms with Crippen LogP contribution in [0.1, 0.15) is 38.8 Å². The summed E-state index contributed by atoms with van der Waals surface area (Å²) < 4.78 is 0. The molecule has 0 amide bonds. The summed E-state index contributed by atoms with van der Waals surface area (Å²) >= 11 is 12.4. The van der Waals surface area contributed by atoms with Crippen LogP contribution >= 0.6 is 23.2 Å². The summed E-state index contributed by atoms with van der Waals surface area (Å²) in [6, 6.07) is 1.78. The molecule has 0 aromatic carbocycles. The first-order chi connectivity index (χ1) is 8.61. The van der Waals surface area contributed by atoms with Crippen molar-refractivity contribution in [2.45, 2.75) is 33.1 Å². The highest BCUT2D eigenvalue weighted by atomic mass is 35.5. The highest BCUT2D eigenvalue weighted by Crippen LogP contribution is 2.35. The third-order valence-corrected chi connectivity index (χ3v) is 3.83. The summed E-state index contributed by atoms with van der Waals surface area (Å²) in [5.74, 6) is 1.48. The van der Waals surface area contributed by atoms with E-state index >= 15 is 0 Å². The molecule has 1 aliphatic rings. The van der Waals surface area contributed by atoms with Gasteiger partial charge in [-0.15, -0.1) is 0 Å². The predicted octanol–water partition coefficient (Wildman–Crippen LogP) is 5.02. The van der Waals surface area contributed by atoms with Gasteiger partial charge in [-0.2, -0.15) is 0 Å². The monoisotopic (exact) mass is 284 g/mol. The fraction of sp³-hybridized carbons (Fsp3) is 0.500. The molecule has 0 fully saturated rings. The van der Waals surface area contributed by atoms with Crippen LogP contribution in [0.25, 0.3) is 5.57 Å². The highest BCUT2D eigenvalue weighted by Gasteiger charge is 2.17. The molecule has 1 atom stereocenters. The van der Waals surface area contributed by atoms with Crippen molar-refractivity contribution in [3.63, 3.8) is 0 Å². The number of rotatable bonds is 3. The van der Waals surface area contributed by atoms with Gasteiger partial charge in [0, 0.05) is 6.54 Å². The lowest BCUT2D eigenvalue weighted by atomic mass is 9.89. The van der Waals surface area contributed by atoms with Crippen LogP contribution in [-0.4, -0.2) is 11.5 Å². The first-order valence-corrected chi connectivity index (χ1v) is 7.16. The highest BCUT2D eigenvalue weighted by molar-refractivity contribution is 6.36. The van der Waals surface area contributed by atoms with Crippen molar-refractivity contribution in [2.24, 2.45) is 5.92 Å². The molecule has 1 N–H and O–H groups in total. The van der Waals surface area contributed by atoms with E-state index in [-0.39, 0.29) is 0 Å². The minimum atomic E-state index is 0.579. The zero-order valence-corrected chi connectivity index (χ0v) is 12.3. The molecular weight excluding hydrogens is 267 g/mol. The Bertz CT molecular complexity index is 469. The van der Waals surface area contributed by atoms with E-state index in [1.165, 1.54) is 12.0 Å². The molecule has 2 nitrogen and oxygen atoms in total. The number of pyridine rings is 1. The Morgan fingerprint density at radius 2 is 2.17 bits per heavy atom. The molecule has 98 valence electrons. The molecule has 0 radical (unpaired) electrons. The molecule has 0 spiro atoms. The Hall–Kier alpha value is -0.730. The van der Waals surface area contributed by atoms with Crippen molar-refractivity contribution >= 4 is 34.6 Å². The van der Waals surface area contributed by atoms with Gasteiger partial charge in [0.2, 0.25) is 0 Å². The Labute approximate surface area is 118 Å². The molecule has 1 unspecified atom stereocenters. The zero-order chi connectivity index (χ0) is 13.1. The first-order valence-electron chi connectivity index (χ1n) is 6.41. The number of allylic oxidation sites excluding steroid dienone is 2. The standard InChI is InChI=1S/C14H18Cl2N2/c1-3-17-14-12(16)8-11(15)13(18-14)10-6-4-9(2)5-7-10/h6,8-9H,3-5,7H2,1-2H3,(H,17,18). The molecule has 0 saturated carbocycles. The summed E-state index contributed by atoms with van der Waals surface area (Å²) in [5.41, 5.74) is 2.12. The smallest absolute Gasteiger partial charge is 0.145 e. The van der Waals surface area contributed by atoms with E-state index in [1.807, 2.05) is 6.92 Å². The van der Waals surface area contributed by atoms with Crippen LogP contribution in [0.4, 0.5) is 5.82 Å². The maximum Gasteiger partial charge on any atom is 0.145 e. The van der Waals surface area contributed by atoms with Crippen LogP contribution in [0, 0.1) is 5.92 Å². The first kappa shape index (κ1) is 13.7. The van der Waals surface area contributed by atoms with E-state index in [0.717, 1.165) is 36.8 Å². The molecule has 0 aliphatic heterocycles. The number of halogens is 2. The Kier molecular flexibility index (Phi) is 4.52. The number of nitrogens with zero attached hydrogens (tertiary/aromatic N) is 1. The molecular formula is C14H18Cl2N2. The maximum atomic E-state index is 6.26. The number of aromatic nitrogens is 1. The Balaban J connectivity index is 2.35. The van der Waals surface area contributed by atoms with Gasteiger partial charge in [0.05, 0.1) is 15.7 Å². The molecule has 18 heavy (non-hydrogen) atoms. The fourth-order valence-corrected chi connectivity index (χ4v) is 2.71. The fourth-order valence-electron chi connectivity index (χ4n) is 2.16. The van der Waals surface area contributed by atoms with Gasteiger partial charge < -0.3 is 5.32 Å². The van der Waals surface area contributed by atoms with E-state index in [9.17, 15) is 0 Å². The van der Waals surface area contributed by atoms with Gasteiger partial charge >= 0.3 is 0 Å². The van der Waals surface area contributed by atoms with Crippen molar-refractivity contribution in [3.05, 3.63) is 27.9 Å². The van der Waals surface area contributed by atoms with Crippen molar-refractivity contribution < 1.29 is 0 Å². The molecule has 2 rings (SSSR count). The van der Waals surface area contributed by atoms with Crippen LogP contribution in [-0.2, 0) is 0 Å². The summed E-state index contributed by atoms with van der Waals surface area (Å²) in [6.45, 7) is 5.09. The lowest BCUT2D eigenvalue weighted by molar-refractivity contribution is 0.533. The summed E-state index contributed by atoms with van der Waals surface area (Å²) in [5, 5.41) is 4.38. The minimum Gasteiger partial charge on any atom is -0.369 e. The maximum absolute atomic E-state index is 6.26. The number of hydrogen-bond acceptors (Lipinski definition) is 2. The second kappa shape index (κ2) is 5.94. The SMILES string of the molecule is CCNc1nc(C2=CCC(C)CC2)c(Cl)cc1Cl.